The highest BCUT2D eigenvalue weighted by Crippen LogP contribution is 2.75. The maximum atomic E-state index is 4.98. The van der Waals surface area contributed by atoms with E-state index in [0.717, 1.165) is 107 Å². The second kappa shape index (κ2) is 13.2. The van der Waals surface area contributed by atoms with Gasteiger partial charge < -0.3 is 0 Å². The van der Waals surface area contributed by atoms with Gasteiger partial charge in [0.25, 0.3) is 0 Å². The number of benzene rings is 1. The lowest BCUT2D eigenvalue weighted by Gasteiger charge is -2.67. The normalized spacial score (nSPS) is 59.9. The van der Waals surface area contributed by atoms with Gasteiger partial charge in [-0.25, -0.2) is 0 Å². The molecule has 0 aromatic heterocycles. The second-order valence-electron chi connectivity index (χ2n) is 33.7. The molecule has 24 bridgehead atoms. The van der Waals surface area contributed by atoms with Crippen LogP contribution in [-0.2, 0) is 27.1 Å². The molecule has 0 atom stereocenters. The summed E-state index contributed by atoms with van der Waals surface area (Å²) >= 11 is 0. The maximum absolute atomic E-state index is 4.98. The molecular weight excluding hydrogens is 817 g/mol. The van der Waals surface area contributed by atoms with E-state index in [-0.39, 0.29) is 0 Å². The topological polar surface area (TPSA) is 0 Å². The molecule has 0 unspecified atom stereocenters. The van der Waals surface area contributed by atoms with Crippen LogP contribution in [0.3, 0.4) is 0 Å². The lowest BCUT2D eigenvalue weighted by molar-refractivity contribution is -0.0326. The molecule has 362 valence electrons. The first kappa shape index (κ1) is 40.2. The summed E-state index contributed by atoms with van der Waals surface area (Å²) in [5, 5.41) is 0. The molecule has 1 aromatic carbocycles. The fourth-order valence-electron chi connectivity index (χ4n) is 30.1. The van der Waals surface area contributed by atoms with Crippen molar-refractivity contribution in [2.75, 3.05) is 0 Å². The van der Waals surface area contributed by atoms with Crippen molar-refractivity contribution in [2.45, 2.75) is 258 Å². The van der Waals surface area contributed by atoms with Crippen molar-refractivity contribution >= 4 is 0 Å². The minimum absolute atomic E-state index is 0.326. The summed E-state index contributed by atoms with van der Waals surface area (Å²) in [5.74, 6) is 27.9. The van der Waals surface area contributed by atoms with Gasteiger partial charge in [-0.15, -0.1) is 0 Å². The van der Waals surface area contributed by atoms with E-state index in [4.69, 9.17) is 11.8 Å². The molecule has 0 aliphatic heterocycles. The zero-order valence-corrected chi connectivity index (χ0v) is 42.8. The molecule has 0 radical (unpaired) electrons. The van der Waals surface area contributed by atoms with Gasteiger partial charge in [-0.2, -0.15) is 0 Å². The van der Waals surface area contributed by atoms with Gasteiger partial charge in [0.15, 0.2) is 0 Å². The highest BCUT2D eigenvalue weighted by Gasteiger charge is 2.66. The van der Waals surface area contributed by atoms with Crippen molar-refractivity contribution in [3.8, 4) is 11.8 Å². The Bertz CT molecular complexity index is 2110. The summed E-state index contributed by atoms with van der Waals surface area (Å²) < 4.78 is 0. The monoisotopic (exact) mass is 907 g/mol. The van der Waals surface area contributed by atoms with Crippen molar-refractivity contribution in [1.29, 1.82) is 0 Å². The van der Waals surface area contributed by atoms with E-state index in [2.05, 4.69) is 27.8 Å². The SMILES string of the molecule is C(#CC12CC3CC(CC(C3)C1)C2)c1c(C23CC4CC(CC(C4)C2)C3)c(C23CC4CC(CC(C4)C2)C3)c(C23CC4CC(CC(C4)C2)C3)c(C23CC4CC(CC(C4)C2)C3)c1C12CC3CC(CC(C3)C1)C2. The molecule has 0 heterocycles. The molecule has 0 heteroatoms. The Hall–Kier alpha value is -1.22. The first-order chi connectivity index (χ1) is 33.1. The zero-order chi connectivity index (χ0) is 43.7. The summed E-state index contributed by atoms with van der Waals surface area (Å²) in [7, 11) is 0. The highest BCUT2D eigenvalue weighted by molar-refractivity contribution is 5.70. The largest absolute Gasteiger partial charge is 0.0910 e. The third-order valence-electron chi connectivity index (χ3n) is 28.8. The average Bonchev–Trinajstić information content (AvgIpc) is 3.25. The maximum Gasteiger partial charge on any atom is 0.0326 e. The Kier molecular flexibility index (Phi) is 7.79. The predicted molar refractivity (Wildman–Crippen MR) is 273 cm³/mol. The standard InChI is InChI=1S/C68H90/c1(2-63-21-39-3-40(22-63)5-41(4-39)23-63)57-58(64-24-42-6-43(25-64)8-44(7-42)26-64)60(66-30-48-12-49(31-66)14-50(13-48)32-66)62(68-36-54-18-55(37-68)20-56(19-54)38-68)61(67-33-51-15-52(34-67)17-53(16-51)35-67)59(57)65-27-45-9-46(28-65)11-47(10-45)29-65/h39-56H,3-38H2. The van der Waals surface area contributed by atoms with Crippen LogP contribution >= 0.6 is 0 Å². The lowest BCUT2D eigenvalue weighted by Crippen LogP contribution is -2.58. The van der Waals surface area contributed by atoms with Gasteiger partial charge in [-0.1, -0.05) is 11.8 Å². The molecule has 0 N–H and O–H groups in total. The Morgan fingerprint density at radius 3 is 0.574 bits per heavy atom. The van der Waals surface area contributed by atoms with E-state index in [1.54, 1.807) is 212 Å². The van der Waals surface area contributed by atoms with E-state index in [9.17, 15) is 0 Å². The highest BCUT2D eigenvalue weighted by atomic mass is 14.7. The van der Waals surface area contributed by atoms with Gasteiger partial charge in [-0.05, 0) is 393 Å². The molecule has 0 saturated heterocycles. The predicted octanol–water partition coefficient (Wildman–Crippen LogP) is 16.6. The van der Waals surface area contributed by atoms with Crippen molar-refractivity contribution < 1.29 is 0 Å². The van der Waals surface area contributed by atoms with Crippen molar-refractivity contribution in [2.24, 2.45) is 112 Å². The smallest absolute Gasteiger partial charge is 0.0326 e. The second-order valence-corrected chi connectivity index (χ2v) is 33.7. The first-order valence-electron chi connectivity index (χ1n) is 31.9. The average molecular weight is 907 g/mol. The summed E-state index contributed by atoms with van der Waals surface area (Å²) in [6, 6.07) is 0. The Balaban J connectivity index is 0.990. The molecule has 1 aromatic rings. The minimum Gasteiger partial charge on any atom is -0.0910 e. The van der Waals surface area contributed by atoms with Crippen LogP contribution in [-0.4, -0.2) is 0 Å². The van der Waals surface area contributed by atoms with Gasteiger partial charge in [0.05, 0.1) is 0 Å². The minimum atomic E-state index is 0.326. The number of hydrogen-bond acceptors (Lipinski definition) is 0. The number of hydrogen-bond donors (Lipinski definition) is 0. The van der Waals surface area contributed by atoms with Crippen LogP contribution < -0.4 is 0 Å². The fourth-order valence-corrected chi connectivity index (χ4v) is 30.1. The van der Waals surface area contributed by atoms with Crippen LogP contribution in [0.25, 0.3) is 0 Å². The molecule has 24 fully saturated rings. The van der Waals surface area contributed by atoms with E-state index < -0.39 is 0 Å². The fraction of sp³-hybridized carbons (Fsp3) is 0.882. The molecule has 0 amide bonds. The lowest BCUT2D eigenvalue weighted by atomic mass is 9.37. The van der Waals surface area contributed by atoms with Crippen LogP contribution in [0, 0.1) is 124 Å². The zero-order valence-electron chi connectivity index (χ0n) is 42.8. The Morgan fingerprint density at radius 2 is 0.368 bits per heavy atom. The molecular formula is C68H90. The van der Waals surface area contributed by atoms with Crippen molar-refractivity contribution in [1.82, 2.24) is 0 Å². The van der Waals surface area contributed by atoms with Crippen LogP contribution in [0.4, 0.5) is 0 Å². The Morgan fingerprint density at radius 1 is 0.206 bits per heavy atom. The van der Waals surface area contributed by atoms with Gasteiger partial charge in [-0.3, -0.25) is 0 Å². The number of rotatable bonds is 5. The van der Waals surface area contributed by atoms with E-state index in [1.165, 1.54) is 19.3 Å². The molecule has 25 rings (SSSR count). The molecule has 24 saturated carbocycles. The van der Waals surface area contributed by atoms with Crippen molar-refractivity contribution in [3.05, 3.63) is 33.4 Å². The van der Waals surface area contributed by atoms with Crippen LogP contribution in [0.2, 0.25) is 0 Å². The molecule has 68 heavy (non-hydrogen) atoms. The summed E-state index contributed by atoms with van der Waals surface area (Å²) in [5.41, 5.74) is 15.7. The van der Waals surface area contributed by atoms with E-state index in [1.807, 2.05) is 5.56 Å². The Labute approximate surface area is 413 Å². The summed E-state index contributed by atoms with van der Waals surface area (Å²) in [6.45, 7) is 0. The molecule has 0 nitrogen and oxygen atoms in total. The van der Waals surface area contributed by atoms with E-state index >= 15 is 0 Å². The van der Waals surface area contributed by atoms with Crippen LogP contribution in [0.1, 0.15) is 265 Å². The summed E-state index contributed by atoms with van der Waals surface area (Å²) in [4.78, 5) is 0. The molecule has 24 aliphatic carbocycles. The third kappa shape index (κ3) is 5.41. The van der Waals surface area contributed by atoms with Gasteiger partial charge in [0.2, 0.25) is 0 Å². The third-order valence-corrected chi connectivity index (χ3v) is 28.8. The quantitative estimate of drug-likeness (QED) is 0.258. The molecule has 24 aliphatic rings. The van der Waals surface area contributed by atoms with Gasteiger partial charge in [0, 0.05) is 11.0 Å². The first-order valence-corrected chi connectivity index (χ1v) is 31.9. The van der Waals surface area contributed by atoms with E-state index in [0.29, 0.717) is 32.5 Å². The van der Waals surface area contributed by atoms with Crippen molar-refractivity contribution in [3.63, 3.8) is 0 Å². The van der Waals surface area contributed by atoms with Gasteiger partial charge in [0.1, 0.15) is 0 Å². The van der Waals surface area contributed by atoms with Crippen LogP contribution in [0.5, 0.6) is 0 Å². The van der Waals surface area contributed by atoms with Crippen LogP contribution in [0.15, 0.2) is 0 Å². The molecule has 0 spiro atoms. The van der Waals surface area contributed by atoms with Gasteiger partial charge >= 0.3 is 0 Å². The summed E-state index contributed by atoms with van der Waals surface area (Å²) in [6.07, 6.45) is 56.9.